The zero-order chi connectivity index (χ0) is 29.9. The van der Waals surface area contributed by atoms with E-state index in [-0.39, 0.29) is 45.9 Å². The van der Waals surface area contributed by atoms with Crippen molar-refractivity contribution in [2.75, 3.05) is 9.80 Å². The molecule has 2 heterocycles. The second-order valence-corrected chi connectivity index (χ2v) is 9.46. The number of amides is 4. The van der Waals surface area contributed by atoms with Gasteiger partial charge in [-0.25, -0.2) is 9.80 Å². The molecule has 6 heteroatoms. The summed E-state index contributed by atoms with van der Waals surface area (Å²) in [5.74, 6) is -1.13. The third-order valence-electron chi connectivity index (χ3n) is 6.71. The number of aryl methyl sites for hydroxylation is 2. The van der Waals surface area contributed by atoms with Crippen LogP contribution in [0.15, 0.2) is 133 Å². The van der Waals surface area contributed by atoms with E-state index in [0.717, 1.165) is 22.6 Å². The first-order valence-electron chi connectivity index (χ1n) is 13.8. The van der Waals surface area contributed by atoms with Gasteiger partial charge in [-0.1, -0.05) is 121 Å². The first-order valence-corrected chi connectivity index (χ1v) is 13.8. The maximum Gasteiger partial charge on any atom is 0.258 e. The Kier molecular flexibility index (Phi) is 15.3. The molecule has 0 atom stereocenters. The Balaban J connectivity index is 0.000000329. The van der Waals surface area contributed by atoms with Gasteiger partial charge in [0, 0.05) is 24.3 Å². The van der Waals surface area contributed by atoms with E-state index < -0.39 is 0 Å². The smallest absolute Gasteiger partial charge is 0.258 e. The fraction of sp³-hybridized carbons (Fsp3) is 0.179. The van der Waals surface area contributed by atoms with E-state index in [0.29, 0.717) is 11.4 Å². The summed E-state index contributed by atoms with van der Waals surface area (Å²) in [7, 11) is 0. The van der Waals surface area contributed by atoms with Crippen LogP contribution < -0.4 is 9.80 Å². The molecule has 0 unspecified atom stereocenters. The molecule has 45 heavy (non-hydrogen) atoms. The third kappa shape index (κ3) is 9.83. The molecular formula is C39H44N2O4. The highest BCUT2D eigenvalue weighted by molar-refractivity contribution is 6.28. The molecule has 0 fully saturated rings. The molecule has 234 valence electrons. The Morgan fingerprint density at radius 3 is 0.911 bits per heavy atom. The molecule has 4 aromatic rings. The largest absolute Gasteiger partial charge is 0.269 e. The number of carbonyl (C=O) groups is 4. The zero-order valence-corrected chi connectivity index (χ0v) is 23.6. The molecule has 0 radical (unpaired) electrons. The number of rotatable bonds is 5. The Labute approximate surface area is 268 Å². The number of para-hydroxylation sites is 2. The minimum absolute atomic E-state index is 0. The monoisotopic (exact) mass is 604 g/mol. The van der Waals surface area contributed by atoms with Crippen LogP contribution in [0.3, 0.4) is 0 Å². The summed E-state index contributed by atoms with van der Waals surface area (Å²) in [6, 6.07) is 35.4. The van der Waals surface area contributed by atoms with Gasteiger partial charge in [0.2, 0.25) is 0 Å². The van der Waals surface area contributed by atoms with Crippen molar-refractivity contribution >= 4 is 35.0 Å². The summed E-state index contributed by atoms with van der Waals surface area (Å²) in [4.78, 5) is 47.1. The fourth-order valence-electron chi connectivity index (χ4n) is 4.33. The molecule has 2 aliphatic heterocycles. The average molecular weight is 605 g/mol. The first-order chi connectivity index (χ1) is 20.4. The number of nitrogens with zero attached hydrogens (tertiary/aromatic N) is 2. The maximum absolute atomic E-state index is 11.2. The zero-order valence-electron chi connectivity index (χ0n) is 23.6. The van der Waals surface area contributed by atoms with Crippen LogP contribution in [0.25, 0.3) is 11.1 Å². The average Bonchev–Trinajstić information content (AvgIpc) is 3.57. The van der Waals surface area contributed by atoms with Crippen molar-refractivity contribution < 1.29 is 19.2 Å². The normalized spacial score (nSPS) is 12.7. The highest BCUT2D eigenvalue weighted by atomic mass is 16.2. The van der Waals surface area contributed by atoms with Gasteiger partial charge in [-0.05, 0) is 59.4 Å². The Bertz CT molecular complexity index is 1430. The van der Waals surface area contributed by atoms with Crippen molar-refractivity contribution in [1.29, 1.82) is 0 Å². The van der Waals surface area contributed by atoms with Crippen LogP contribution >= 0.6 is 0 Å². The van der Waals surface area contributed by atoms with Gasteiger partial charge in [0.05, 0.1) is 11.4 Å². The standard InChI is InChI=1S/C16H18.2C10H7NO2.3CH4/c1-3-13-5-9-15(10-6-13)16-11-7-14(4-2)8-12-16;2*12-9-6-7-10(13)11(9)8-4-2-1-3-5-8;;;/h5-12H,3-4H2,1-2H3;2*1-7H;3*1H4. The van der Waals surface area contributed by atoms with Crippen LogP contribution in [-0.4, -0.2) is 23.6 Å². The lowest BCUT2D eigenvalue weighted by molar-refractivity contribution is -0.121. The van der Waals surface area contributed by atoms with Crippen molar-refractivity contribution in [3.8, 4) is 11.1 Å². The topological polar surface area (TPSA) is 74.8 Å². The van der Waals surface area contributed by atoms with Crippen molar-refractivity contribution in [1.82, 2.24) is 0 Å². The van der Waals surface area contributed by atoms with Gasteiger partial charge in [-0.3, -0.25) is 19.2 Å². The SMILES string of the molecule is C.C.C.CCc1ccc(-c2ccc(CC)cc2)cc1.O=C1C=CC(=O)N1c1ccccc1.O=C1C=CC(=O)N1c1ccccc1. The number of anilines is 2. The van der Waals surface area contributed by atoms with Gasteiger partial charge in [0.15, 0.2) is 0 Å². The number of benzene rings is 4. The summed E-state index contributed by atoms with van der Waals surface area (Å²) < 4.78 is 0. The number of hydrogen-bond donors (Lipinski definition) is 0. The van der Waals surface area contributed by atoms with Gasteiger partial charge < -0.3 is 0 Å². The van der Waals surface area contributed by atoms with E-state index in [1.54, 1.807) is 48.5 Å². The number of hydrogen-bond acceptors (Lipinski definition) is 4. The molecule has 0 saturated carbocycles. The highest BCUT2D eigenvalue weighted by Crippen LogP contribution is 2.21. The molecule has 6 nitrogen and oxygen atoms in total. The van der Waals surface area contributed by atoms with E-state index >= 15 is 0 Å². The van der Waals surface area contributed by atoms with Crippen LogP contribution in [0, 0.1) is 0 Å². The van der Waals surface area contributed by atoms with E-state index in [1.165, 1.54) is 46.6 Å². The molecule has 0 aromatic heterocycles. The van der Waals surface area contributed by atoms with Crippen LogP contribution in [0.4, 0.5) is 11.4 Å². The Hall–Kier alpha value is -5.36. The van der Waals surface area contributed by atoms with Crippen molar-refractivity contribution in [2.45, 2.75) is 49.0 Å². The summed E-state index contributed by atoms with van der Waals surface area (Å²) in [6.45, 7) is 4.37. The van der Waals surface area contributed by atoms with E-state index in [9.17, 15) is 19.2 Å². The summed E-state index contributed by atoms with van der Waals surface area (Å²) >= 11 is 0. The molecule has 0 bridgehead atoms. The molecule has 2 aliphatic rings. The quantitative estimate of drug-likeness (QED) is 0.214. The lowest BCUT2D eigenvalue weighted by Gasteiger charge is -2.12. The maximum atomic E-state index is 11.2. The van der Waals surface area contributed by atoms with Crippen molar-refractivity contribution in [2.24, 2.45) is 0 Å². The van der Waals surface area contributed by atoms with Crippen LogP contribution in [0.2, 0.25) is 0 Å². The predicted octanol–water partition coefficient (Wildman–Crippen LogP) is 8.62. The summed E-state index contributed by atoms with van der Waals surface area (Å²) in [6.07, 6.45) is 7.30. The lowest BCUT2D eigenvalue weighted by atomic mass is 10.0. The number of carbonyl (C=O) groups excluding carboxylic acids is 4. The molecule has 0 aliphatic carbocycles. The first kappa shape index (κ1) is 37.7. The van der Waals surface area contributed by atoms with Gasteiger partial charge in [0.1, 0.15) is 0 Å². The van der Waals surface area contributed by atoms with Gasteiger partial charge in [-0.2, -0.15) is 0 Å². The molecule has 4 aromatic carbocycles. The molecule has 6 rings (SSSR count). The van der Waals surface area contributed by atoms with Gasteiger partial charge >= 0.3 is 0 Å². The number of imide groups is 2. The van der Waals surface area contributed by atoms with E-state index in [1.807, 2.05) is 12.1 Å². The van der Waals surface area contributed by atoms with E-state index in [2.05, 4.69) is 62.4 Å². The van der Waals surface area contributed by atoms with Crippen LogP contribution in [0.5, 0.6) is 0 Å². The second kappa shape index (κ2) is 18.3. The minimum Gasteiger partial charge on any atom is -0.269 e. The van der Waals surface area contributed by atoms with E-state index in [4.69, 9.17) is 0 Å². The van der Waals surface area contributed by atoms with Crippen LogP contribution in [-0.2, 0) is 32.0 Å². The molecule has 0 saturated heterocycles. The molecule has 4 amide bonds. The Morgan fingerprint density at radius 2 is 0.667 bits per heavy atom. The predicted molar refractivity (Wildman–Crippen MR) is 187 cm³/mol. The molecular weight excluding hydrogens is 560 g/mol. The molecule has 0 N–H and O–H groups in total. The van der Waals surface area contributed by atoms with Crippen molar-refractivity contribution in [3.63, 3.8) is 0 Å². The van der Waals surface area contributed by atoms with Gasteiger partial charge in [0.25, 0.3) is 23.6 Å². The third-order valence-corrected chi connectivity index (χ3v) is 6.71. The van der Waals surface area contributed by atoms with Crippen molar-refractivity contribution in [3.05, 3.63) is 145 Å². The Morgan fingerprint density at radius 1 is 0.400 bits per heavy atom. The minimum atomic E-state index is -0.281. The second-order valence-electron chi connectivity index (χ2n) is 9.46. The molecule has 0 spiro atoms. The summed E-state index contributed by atoms with van der Waals surface area (Å²) in [5, 5.41) is 0. The van der Waals surface area contributed by atoms with Crippen LogP contribution in [0.1, 0.15) is 47.3 Å². The van der Waals surface area contributed by atoms with Gasteiger partial charge in [-0.15, -0.1) is 0 Å². The highest BCUT2D eigenvalue weighted by Gasteiger charge is 2.25. The fourth-order valence-corrected chi connectivity index (χ4v) is 4.33. The summed E-state index contributed by atoms with van der Waals surface area (Å²) in [5.41, 5.74) is 6.63. The lowest BCUT2D eigenvalue weighted by Crippen LogP contribution is -2.29.